The van der Waals surface area contributed by atoms with Crippen LogP contribution in [0.1, 0.15) is 27.3 Å². The van der Waals surface area contributed by atoms with E-state index in [1.54, 1.807) is 34.1 Å². The lowest BCUT2D eigenvalue weighted by Gasteiger charge is -2.36. The third-order valence-electron chi connectivity index (χ3n) is 3.99. The molecule has 0 radical (unpaired) electrons. The molecule has 2 heterocycles. The number of imidazole rings is 1. The second-order valence-electron chi connectivity index (χ2n) is 7.00. The molecule has 0 aliphatic carbocycles. The lowest BCUT2D eigenvalue weighted by atomic mass is 10.2. The summed E-state index contributed by atoms with van der Waals surface area (Å²) in [7, 11) is 0. The molecule has 1 fully saturated rings. The number of piperazine rings is 1. The first-order valence-corrected chi connectivity index (χ1v) is 8.24. The number of fused-ring (bicyclic) bond motifs is 1. The van der Waals surface area contributed by atoms with E-state index in [1.165, 1.54) is 0 Å². The predicted octanol–water partition coefficient (Wildman–Crippen LogP) is 3.49. The number of alkyl halides is 2. The van der Waals surface area contributed by atoms with E-state index in [9.17, 15) is 13.6 Å². The van der Waals surface area contributed by atoms with Crippen LogP contribution < -0.4 is 4.90 Å². The largest absolute Gasteiger partial charge is 0.444 e. The van der Waals surface area contributed by atoms with E-state index in [2.05, 4.69) is 4.98 Å². The zero-order valence-electron chi connectivity index (χ0n) is 14.6. The van der Waals surface area contributed by atoms with Crippen molar-refractivity contribution in [2.75, 3.05) is 31.1 Å². The lowest BCUT2D eigenvalue weighted by Crippen LogP contribution is -2.50. The number of ether oxygens (including phenoxy) is 1. The van der Waals surface area contributed by atoms with Gasteiger partial charge in [0, 0.05) is 26.2 Å². The van der Waals surface area contributed by atoms with Crippen LogP contribution in [0.5, 0.6) is 0 Å². The maximum absolute atomic E-state index is 13.5. The number of aromatic nitrogens is 2. The predicted molar refractivity (Wildman–Crippen MR) is 91.0 cm³/mol. The Labute approximate surface area is 145 Å². The summed E-state index contributed by atoms with van der Waals surface area (Å²) in [6.45, 7) is 4.42. The molecule has 1 saturated heterocycles. The number of para-hydroxylation sites is 2. The van der Waals surface area contributed by atoms with Crippen molar-refractivity contribution >= 4 is 23.1 Å². The maximum Gasteiger partial charge on any atom is 0.410 e. The van der Waals surface area contributed by atoms with E-state index in [0.29, 0.717) is 37.2 Å². The van der Waals surface area contributed by atoms with Crippen LogP contribution in [0.25, 0.3) is 11.0 Å². The number of anilines is 1. The summed E-state index contributed by atoms with van der Waals surface area (Å²) in [4.78, 5) is 19.9. The van der Waals surface area contributed by atoms with E-state index < -0.39 is 12.2 Å². The number of rotatable bonds is 2. The van der Waals surface area contributed by atoms with Gasteiger partial charge in [0.05, 0.1) is 11.0 Å². The summed E-state index contributed by atoms with van der Waals surface area (Å²) < 4.78 is 33.4. The SMILES string of the molecule is CC(C)(C)OC(=O)N1CCN(c2nc3ccccc3n2C(F)F)CC1. The van der Waals surface area contributed by atoms with Gasteiger partial charge in [0.25, 0.3) is 0 Å². The summed E-state index contributed by atoms with van der Waals surface area (Å²) in [6.07, 6.45) is -0.380. The molecule has 136 valence electrons. The number of hydrogen-bond donors (Lipinski definition) is 0. The van der Waals surface area contributed by atoms with Gasteiger partial charge in [-0.05, 0) is 32.9 Å². The Morgan fingerprint density at radius 3 is 2.40 bits per heavy atom. The number of carbonyl (C=O) groups excluding carboxylic acids is 1. The third kappa shape index (κ3) is 3.67. The van der Waals surface area contributed by atoms with Crippen LogP contribution in [0.4, 0.5) is 19.5 Å². The minimum Gasteiger partial charge on any atom is -0.444 e. The van der Waals surface area contributed by atoms with Crippen molar-refractivity contribution < 1.29 is 18.3 Å². The van der Waals surface area contributed by atoms with Gasteiger partial charge in [-0.15, -0.1) is 0 Å². The summed E-state index contributed by atoms with van der Waals surface area (Å²) >= 11 is 0. The average Bonchev–Trinajstić information content (AvgIpc) is 2.93. The molecular formula is C17H22F2N4O2. The second kappa shape index (κ2) is 6.50. The number of hydrogen-bond acceptors (Lipinski definition) is 4. The Balaban J connectivity index is 1.76. The normalized spacial score (nSPS) is 15.9. The van der Waals surface area contributed by atoms with Crippen LogP contribution in [0, 0.1) is 0 Å². The van der Waals surface area contributed by atoms with Crippen molar-refractivity contribution in [2.24, 2.45) is 0 Å². The van der Waals surface area contributed by atoms with E-state index in [0.717, 1.165) is 4.57 Å². The summed E-state index contributed by atoms with van der Waals surface area (Å²) in [6, 6.07) is 6.84. The highest BCUT2D eigenvalue weighted by atomic mass is 19.3. The van der Waals surface area contributed by atoms with Gasteiger partial charge < -0.3 is 14.5 Å². The zero-order valence-corrected chi connectivity index (χ0v) is 14.6. The maximum atomic E-state index is 13.5. The zero-order chi connectivity index (χ0) is 18.2. The molecule has 25 heavy (non-hydrogen) atoms. The highest BCUT2D eigenvalue weighted by Gasteiger charge is 2.29. The average molecular weight is 352 g/mol. The molecule has 0 N–H and O–H groups in total. The van der Waals surface area contributed by atoms with Crippen molar-refractivity contribution in [2.45, 2.75) is 32.9 Å². The fourth-order valence-electron chi connectivity index (χ4n) is 2.86. The van der Waals surface area contributed by atoms with Crippen LogP contribution >= 0.6 is 0 Å². The summed E-state index contributed by atoms with van der Waals surface area (Å²) in [5, 5.41) is 0. The van der Waals surface area contributed by atoms with E-state index >= 15 is 0 Å². The molecule has 0 unspecified atom stereocenters. The van der Waals surface area contributed by atoms with Crippen molar-refractivity contribution in [3.63, 3.8) is 0 Å². The molecular weight excluding hydrogens is 330 g/mol. The molecule has 8 heteroatoms. The van der Waals surface area contributed by atoms with Crippen molar-refractivity contribution in [1.82, 2.24) is 14.5 Å². The molecule has 6 nitrogen and oxygen atoms in total. The molecule has 0 bridgehead atoms. The number of benzene rings is 1. The fourth-order valence-corrected chi connectivity index (χ4v) is 2.86. The Morgan fingerprint density at radius 1 is 1.16 bits per heavy atom. The van der Waals surface area contributed by atoms with Crippen LogP contribution in [-0.4, -0.2) is 52.3 Å². The Morgan fingerprint density at radius 2 is 1.80 bits per heavy atom. The first kappa shape index (κ1) is 17.4. The molecule has 1 aromatic carbocycles. The van der Waals surface area contributed by atoms with Gasteiger partial charge in [0.15, 0.2) is 0 Å². The number of halogens is 2. The standard InChI is InChI=1S/C17H22F2N4O2/c1-17(2,3)25-16(24)22-10-8-21(9-11-22)15-20-12-6-4-5-7-13(12)23(15)14(18)19/h4-7,14H,8-11H2,1-3H3. The highest BCUT2D eigenvalue weighted by Crippen LogP contribution is 2.29. The topological polar surface area (TPSA) is 50.6 Å². The number of amides is 1. The second-order valence-corrected chi connectivity index (χ2v) is 7.00. The summed E-state index contributed by atoms with van der Waals surface area (Å²) in [5.74, 6) is 0.236. The molecule has 1 aliphatic rings. The highest BCUT2D eigenvalue weighted by molar-refractivity contribution is 5.79. The van der Waals surface area contributed by atoms with Crippen LogP contribution in [0.2, 0.25) is 0 Å². The minimum absolute atomic E-state index is 0.236. The Bertz CT molecular complexity index is 762. The Kier molecular flexibility index (Phi) is 4.53. The van der Waals surface area contributed by atoms with E-state index in [4.69, 9.17) is 4.74 Å². The van der Waals surface area contributed by atoms with Crippen LogP contribution in [-0.2, 0) is 4.74 Å². The van der Waals surface area contributed by atoms with E-state index in [1.807, 2.05) is 20.8 Å². The minimum atomic E-state index is -2.67. The number of nitrogens with zero attached hydrogens (tertiary/aromatic N) is 4. The molecule has 3 rings (SSSR count). The smallest absolute Gasteiger partial charge is 0.410 e. The molecule has 1 aromatic heterocycles. The van der Waals surface area contributed by atoms with E-state index in [-0.39, 0.29) is 12.0 Å². The molecule has 0 saturated carbocycles. The fraction of sp³-hybridized carbons (Fsp3) is 0.529. The first-order valence-electron chi connectivity index (χ1n) is 8.24. The van der Waals surface area contributed by atoms with Crippen LogP contribution in [0.15, 0.2) is 24.3 Å². The van der Waals surface area contributed by atoms with Gasteiger partial charge in [0.2, 0.25) is 5.95 Å². The molecule has 0 atom stereocenters. The van der Waals surface area contributed by atoms with Gasteiger partial charge in [-0.1, -0.05) is 12.1 Å². The van der Waals surface area contributed by atoms with Gasteiger partial charge in [-0.25, -0.2) is 9.78 Å². The van der Waals surface area contributed by atoms with Crippen molar-refractivity contribution in [3.05, 3.63) is 24.3 Å². The lowest BCUT2D eigenvalue weighted by molar-refractivity contribution is 0.0237. The molecule has 2 aromatic rings. The number of carbonyl (C=O) groups is 1. The van der Waals surface area contributed by atoms with Gasteiger partial charge in [0.1, 0.15) is 5.60 Å². The molecule has 0 spiro atoms. The monoisotopic (exact) mass is 352 g/mol. The van der Waals surface area contributed by atoms with Gasteiger partial charge >= 0.3 is 12.6 Å². The van der Waals surface area contributed by atoms with Crippen LogP contribution in [0.3, 0.4) is 0 Å². The Hall–Kier alpha value is -2.38. The third-order valence-corrected chi connectivity index (χ3v) is 3.99. The quantitative estimate of drug-likeness (QED) is 0.830. The molecule has 1 aliphatic heterocycles. The van der Waals surface area contributed by atoms with Crippen molar-refractivity contribution in [1.29, 1.82) is 0 Å². The van der Waals surface area contributed by atoms with Crippen molar-refractivity contribution in [3.8, 4) is 0 Å². The summed E-state index contributed by atoms with van der Waals surface area (Å²) in [5.41, 5.74) is 0.382. The first-order chi connectivity index (χ1) is 11.8. The van der Waals surface area contributed by atoms with Gasteiger partial charge in [-0.2, -0.15) is 8.78 Å². The van der Waals surface area contributed by atoms with Gasteiger partial charge in [-0.3, -0.25) is 4.57 Å². The molecule has 1 amide bonds.